The lowest BCUT2D eigenvalue weighted by molar-refractivity contribution is -0.137. The van der Waals surface area contributed by atoms with Gasteiger partial charge in [-0.25, -0.2) is 4.79 Å². The van der Waals surface area contributed by atoms with Gasteiger partial charge in [0.15, 0.2) is 0 Å². The Hall–Kier alpha value is -2.29. The SMILES string of the molecule is Cl.O=C(Nc1ccc([C@H]2CNCCO2)cc1)Nc1ccc(C(F)(F)F)cc1. The Morgan fingerprint density at radius 2 is 1.56 bits per heavy atom. The fourth-order valence-corrected chi connectivity index (χ4v) is 2.60. The summed E-state index contributed by atoms with van der Waals surface area (Å²) in [6.45, 7) is 2.22. The van der Waals surface area contributed by atoms with Gasteiger partial charge in [0.1, 0.15) is 0 Å². The fourth-order valence-electron chi connectivity index (χ4n) is 2.60. The molecule has 0 bridgehead atoms. The van der Waals surface area contributed by atoms with E-state index in [2.05, 4.69) is 16.0 Å². The van der Waals surface area contributed by atoms with Crippen molar-refractivity contribution in [3.63, 3.8) is 0 Å². The maximum Gasteiger partial charge on any atom is 0.416 e. The van der Waals surface area contributed by atoms with Crippen LogP contribution in [0.2, 0.25) is 0 Å². The minimum atomic E-state index is -4.40. The third-order valence-corrected chi connectivity index (χ3v) is 3.94. The first kappa shape index (κ1) is 21.0. The number of carbonyl (C=O) groups excluding carboxylic acids is 1. The van der Waals surface area contributed by atoms with Crippen LogP contribution in [0.15, 0.2) is 48.5 Å². The standard InChI is InChI=1S/C18H18F3N3O2.ClH/c19-18(20,21)13-3-7-15(8-4-13)24-17(25)23-14-5-1-12(2-6-14)16-11-22-9-10-26-16;/h1-8,16,22H,9-11H2,(H2,23,24,25);1H/t16-;/m1./s1. The van der Waals surface area contributed by atoms with Crippen LogP contribution < -0.4 is 16.0 Å². The van der Waals surface area contributed by atoms with E-state index < -0.39 is 17.8 Å². The summed E-state index contributed by atoms with van der Waals surface area (Å²) < 4.78 is 43.2. The zero-order valence-corrected chi connectivity index (χ0v) is 15.0. The van der Waals surface area contributed by atoms with Gasteiger partial charge in [-0.3, -0.25) is 0 Å². The van der Waals surface area contributed by atoms with Crippen molar-refractivity contribution >= 4 is 29.8 Å². The summed E-state index contributed by atoms with van der Waals surface area (Å²) in [6, 6.07) is 11.0. The topological polar surface area (TPSA) is 62.4 Å². The summed E-state index contributed by atoms with van der Waals surface area (Å²) in [6.07, 6.45) is -4.42. The number of urea groups is 1. The van der Waals surface area contributed by atoms with Crippen molar-refractivity contribution in [2.75, 3.05) is 30.3 Å². The first-order chi connectivity index (χ1) is 12.4. The molecule has 2 aromatic rings. The van der Waals surface area contributed by atoms with E-state index in [1.54, 1.807) is 12.1 Å². The van der Waals surface area contributed by atoms with Crippen molar-refractivity contribution < 1.29 is 22.7 Å². The molecule has 0 aromatic heterocycles. The second-order valence-corrected chi connectivity index (χ2v) is 5.84. The third kappa shape index (κ3) is 5.85. The number of anilines is 2. The summed E-state index contributed by atoms with van der Waals surface area (Å²) in [7, 11) is 0. The first-order valence-electron chi connectivity index (χ1n) is 8.09. The van der Waals surface area contributed by atoms with Gasteiger partial charge >= 0.3 is 12.2 Å². The molecule has 5 nitrogen and oxygen atoms in total. The Labute approximate surface area is 160 Å². The summed E-state index contributed by atoms with van der Waals surface area (Å²) in [4.78, 5) is 12.0. The molecule has 1 saturated heterocycles. The monoisotopic (exact) mass is 401 g/mol. The molecule has 146 valence electrons. The van der Waals surface area contributed by atoms with E-state index in [1.165, 1.54) is 12.1 Å². The normalized spacial score (nSPS) is 16.9. The highest BCUT2D eigenvalue weighted by Crippen LogP contribution is 2.29. The second-order valence-electron chi connectivity index (χ2n) is 5.84. The molecule has 2 amide bonds. The molecule has 1 atom stereocenters. The number of rotatable bonds is 3. The molecule has 0 saturated carbocycles. The van der Waals surface area contributed by atoms with Crippen molar-refractivity contribution in [3.8, 4) is 0 Å². The quantitative estimate of drug-likeness (QED) is 0.713. The van der Waals surface area contributed by atoms with E-state index in [4.69, 9.17) is 4.74 Å². The number of carbonyl (C=O) groups is 1. The molecule has 1 fully saturated rings. The molecule has 0 spiro atoms. The van der Waals surface area contributed by atoms with Gasteiger partial charge in [-0.2, -0.15) is 13.2 Å². The van der Waals surface area contributed by atoms with Gasteiger partial charge in [0, 0.05) is 24.5 Å². The smallest absolute Gasteiger partial charge is 0.371 e. The summed E-state index contributed by atoms with van der Waals surface area (Å²) in [5.41, 5.74) is 1.08. The number of nitrogens with one attached hydrogen (secondary N) is 3. The molecule has 0 unspecified atom stereocenters. The van der Waals surface area contributed by atoms with Crippen LogP contribution in [0.1, 0.15) is 17.2 Å². The number of alkyl halides is 3. The number of halogens is 4. The van der Waals surface area contributed by atoms with Gasteiger partial charge in [0.05, 0.1) is 18.3 Å². The highest BCUT2D eigenvalue weighted by molar-refractivity contribution is 5.99. The van der Waals surface area contributed by atoms with Gasteiger partial charge in [-0.05, 0) is 42.0 Å². The van der Waals surface area contributed by atoms with E-state index in [-0.39, 0.29) is 24.2 Å². The Kier molecular flexibility index (Phi) is 7.06. The number of hydrogen-bond acceptors (Lipinski definition) is 3. The van der Waals surface area contributed by atoms with Gasteiger partial charge < -0.3 is 20.7 Å². The third-order valence-electron chi connectivity index (χ3n) is 3.94. The zero-order chi connectivity index (χ0) is 18.6. The predicted octanol–water partition coefficient (Wildman–Crippen LogP) is 4.43. The number of ether oxygens (including phenoxy) is 1. The maximum atomic E-state index is 12.5. The van der Waals surface area contributed by atoms with Crippen molar-refractivity contribution in [2.45, 2.75) is 12.3 Å². The van der Waals surface area contributed by atoms with E-state index in [1.807, 2.05) is 12.1 Å². The van der Waals surface area contributed by atoms with Crippen molar-refractivity contribution in [2.24, 2.45) is 0 Å². The molecule has 1 heterocycles. The van der Waals surface area contributed by atoms with Crippen LogP contribution >= 0.6 is 12.4 Å². The largest absolute Gasteiger partial charge is 0.416 e. The molecular formula is C18H19ClF3N3O2. The van der Waals surface area contributed by atoms with E-state index >= 15 is 0 Å². The van der Waals surface area contributed by atoms with Crippen molar-refractivity contribution in [1.82, 2.24) is 5.32 Å². The highest BCUT2D eigenvalue weighted by Gasteiger charge is 2.30. The van der Waals surface area contributed by atoms with Crippen LogP contribution in [-0.4, -0.2) is 25.7 Å². The maximum absolute atomic E-state index is 12.5. The average molecular weight is 402 g/mol. The summed E-state index contributed by atoms with van der Waals surface area (Å²) in [5, 5.41) is 8.38. The van der Waals surface area contributed by atoms with Crippen molar-refractivity contribution in [1.29, 1.82) is 0 Å². The number of morpholine rings is 1. The Bertz CT molecular complexity index is 746. The highest BCUT2D eigenvalue weighted by atomic mass is 35.5. The second kappa shape index (κ2) is 9.07. The first-order valence-corrected chi connectivity index (χ1v) is 8.09. The lowest BCUT2D eigenvalue weighted by Gasteiger charge is -2.24. The molecule has 3 N–H and O–H groups in total. The van der Waals surface area contributed by atoms with Crippen LogP contribution in [-0.2, 0) is 10.9 Å². The molecular weight excluding hydrogens is 383 g/mol. The minimum Gasteiger partial charge on any atom is -0.371 e. The Balaban J connectivity index is 0.00000261. The van der Waals surface area contributed by atoms with Gasteiger partial charge in [-0.15, -0.1) is 12.4 Å². The summed E-state index contributed by atoms with van der Waals surface area (Å²) in [5.74, 6) is 0. The average Bonchev–Trinajstić information content (AvgIpc) is 2.63. The van der Waals surface area contributed by atoms with Gasteiger partial charge in [0.2, 0.25) is 0 Å². The Morgan fingerprint density at radius 1 is 1.00 bits per heavy atom. The van der Waals surface area contributed by atoms with E-state index in [9.17, 15) is 18.0 Å². The lowest BCUT2D eigenvalue weighted by atomic mass is 10.1. The van der Waals surface area contributed by atoms with Crippen LogP contribution in [0.4, 0.5) is 29.3 Å². The van der Waals surface area contributed by atoms with Gasteiger partial charge in [0.25, 0.3) is 0 Å². The minimum absolute atomic E-state index is 0. The molecule has 1 aliphatic rings. The summed E-state index contributed by atoms with van der Waals surface area (Å²) >= 11 is 0. The van der Waals surface area contributed by atoms with Crippen LogP contribution in [0.25, 0.3) is 0 Å². The molecule has 2 aromatic carbocycles. The van der Waals surface area contributed by atoms with Crippen LogP contribution in [0, 0.1) is 0 Å². The zero-order valence-electron chi connectivity index (χ0n) is 14.2. The number of benzene rings is 2. The molecule has 9 heteroatoms. The van der Waals surface area contributed by atoms with Crippen LogP contribution in [0.3, 0.4) is 0 Å². The number of hydrogen-bond donors (Lipinski definition) is 3. The van der Waals surface area contributed by atoms with E-state index in [0.717, 1.165) is 30.8 Å². The number of amides is 2. The van der Waals surface area contributed by atoms with Crippen LogP contribution in [0.5, 0.6) is 0 Å². The predicted molar refractivity (Wildman–Crippen MR) is 99.3 cm³/mol. The molecule has 0 aliphatic carbocycles. The lowest BCUT2D eigenvalue weighted by Crippen LogP contribution is -2.33. The van der Waals surface area contributed by atoms with Crippen molar-refractivity contribution in [3.05, 3.63) is 59.7 Å². The fraction of sp³-hybridized carbons (Fsp3) is 0.278. The molecule has 0 radical (unpaired) electrons. The molecule has 1 aliphatic heterocycles. The van der Waals surface area contributed by atoms with Gasteiger partial charge in [-0.1, -0.05) is 12.1 Å². The molecule has 27 heavy (non-hydrogen) atoms. The molecule has 3 rings (SSSR count). The van der Waals surface area contributed by atoms with E-state index in [0.29, 0.717) is 12.3 Å². The Morgan fingerprint density at radius 3 is 2.04 bits per heavy atom.